The molecule has 4 nitrogen and oxygen atoms in total. The summed E-state index contributed by atoms with van der Waals surface area (Å²) in [7, 11) is 0. The molecular formula is C15H25N3OS. The van der Waals surface area contributed by atoms with Crippen molar-refractivity contribution in [3.63, 3.8) is 0 Å². The van der Waals surface area contributed by atoms with E-state index >= 15 is 0 Å². The van der Waals surface area contributed by atoms with Crippen LogP contribution in [0.2, 0.25) is 0 Å². The van der Waals surface area contributed by atoms with Gasteiger partial charge >= 0.3 is 0 Å². The van der Waals surface area contributed by atoms with E-state index < -0.39 is 5.60 Å². The van der Waals surface area contributed by atoms with Gasteiger partial charge in [-0.15, -0.1) is 0 Å². The first kappa shape index (κ1) is 15.6. The standard InChI is InChI=1S/C15H25N3OS/c1-5-20-11-6-8-15(11,19)10-17-12-7-9-16-13(18-12)14(2,3)4/h7,9,11,19H,5-6,8,10H2,1-4H3,(H,16,17,18)/t11-,15-/m0/s1. The molecule has 5 heteroatoms. The summed E-state index contributed by atoms with van der Waals surface area (Å²) in [6.45, 7) is 8.99. The van der Waals surface area contributed by atoms with Gasteiger partial charge in [-0.3, -0.25) is 0 Å². The first-order valence-electron chi connectivity index (χ1n) is 7.26. The molecule has 0 saturated heterocycles. The topological polar surface area (TPSA) is 58.0 Å². The van der Waals surface area contributed by atoms with Crippen LogP contribution in [0.5, 0.6) is 0 Å². The Hall–Kier alpha value is -0.810. The molecule has 2 rings (SSSR count). The highest BCUT2D eigenvalue weighted by atomic mass is 32.2. The van der Waals surface area contributed by atoms with E-state index in [1.807, 2.05) is 17.8 Å². The molecule has 1 aliphatic carbocycles. The molecule has 1 aromatic rings. The Morgan fingerprint density at radius 3 is 2.80 bits per heavy atom. The zero-order chi connectivity index (χ0) is 14.8. The summed E-state index contributed by atoms with van der Waals surface area (Å²) in [5.74, 6) is 2.67. The number of nitrogens with one attached hydrogen (secondary N) is 1. The van der Waals surface area contributed by atoms with Crippen molar-refractivity contribution in [3.8, 4) is 0 Å². The number of hydrogen-bond donors (Lipinski definition) is 2. The molecular weight excluding hydrogens is 270 g/mol. The first-order valence-corrected chi connectivity index (χ1v) is 8.31. The maximum atomic E-state index is 10.6. The highest BCUT2D eigenvalue weighted by Gasteiger charge is 2.45. The molecule has 2 atom stereocenters. The Morgan fingerprint density at radius 1 is 1.50 bits per heavy atom. The third kappa shape index (κ3) is 3.44. The van der Waals surface area contributed by atoms with E-state index in [2.05, 4.69) is 43.0 Å². The van der Waals surface area contributed by atoms with Crippen LogP contribution in [-0.2, 0) is 5.41 Å². The van der Waals surface area contributed by atoms with Crippen LogP contribution < -0.4 is 5.32 Å². The molecule has 0 bridgehead atoms. The normalized spacial score (nSPS) is 26.1. The van der Waals surface area contributed by atoms with E-state index in [0.717, 1.165) is 30.2 Å². The molecule has 1 fully saturated rings. The number of anilines is 1. The summed E-state index contributed by atoms with van der Waals surface area (Å²) >= 11 is 1.84. The van der Waals surface area contributed by atoms with Crippen molar-refractivity contribution in [2.45, 2.75) is 56.8 Å². The molecule has 1 heterocycles. The summed E-state index contributed by atoms with van der Waals surface area (Å²) in [4.78, 5) is 8.85. The molecule has 0 amide bonds. The van der Waals surface area contributed by atoms with Gasteiger partial charge in [-0.2, -0.15) is 11.8 Å². The smallest absolute Gasteiger partial charge is 0.135 e. The van der Waals surface area contributed by atoms with Gasteiger partial charge in [0.05, 0.1) is 5.60 Å². The maximum Gasteiger partial charge on any atom is 0.135 e. The van der Waals surface area contributed by atoms with Crippen LogP contribution in [0.25, 0.3) is 0 Å². The third-order valence-corrected chi connectivity index (χ3v) is 5.12. The summed E-state index contributed by atoms with van der Waals surface area (Å²) in [5.41, 5.74) is -0.654. The highest BCUT2D eigenvalue weighted by Crippen LogP contribution is 2.41. The van der Waals surface area contributed by atoms with E-state index in [-0.39, 0.29) is 5.41 Å². The third-order valence-electron chi connectivity index (χ3n) is 3.71. The van der Waals surface area contributed by atoms with Gasteiger partial charge in [-0.1, -0.05) is 27.7 Å². The molecule has 1 saturated carbocycles. The molecule has 0 unspecified atom stereocenters. The second-order valence-corrected chi connectivity index (χ2v) is 7.93. The lowest BCUT2D eigenvalue weighted by molar-refractivity contribution is -0.0120. The predicted octanol–water partition coefficient (Wildman–Crippen LogP) is 2.83. The van der Waals surface area contributed by atoms with E-state index in [4.69, 9.17) is 0 Å². The van der Waals surface area contributed by atoms with Crippen molar-refractivity contribution in [1.82, 2.24) is 9.97 Å². The van der Waals surface area contributed by atoms with Crippen molar-refractivity contribution in [2.75, 3.05) is 17.6 Å². The van der Waals surface area contributed by atoms with Gasteiger partial charge in [0, 0.05) is 23.4 Å². The van der Waals surface area contributed by atoms with Crippen molar-refractivity contribution in [3.05, 3.63) is 18.1 Å². The van der Waals surface area contributed by atoms with Crippen LogP contribution in [0.15, 0.2) is 12.3 Å². The summed E-state index contributed by atoms with van der Waals surface area (Å²) in [5, 5.41) is 14.2. The molecule has 0 radical (unpaired) electrons. The van der Waals surface area contributed by atoms with Gasteiger partial charge in [0.1, 0.15) is 11.6 Å². The van der Waals surface area contributed by atoms with Crippen LogP contribution in [0, 0.1) is 0 Å². The average molecular weight is 295 g/mol. The van der Waals surface area contributed by atoms with E-state index in [1.54, 1.807) is 6.20 Å². The fourth-order valence-electron chi connectivity index (χ4n) is 2.30. The van der Waals surface area contributed by atoms with Gasteiger partial charge in [-0.25, -0.2) is 9.97 Å². The van der Waals surface area contributed by atoms with Gasteiger partial charge in [-0.05, 0) is 24.7 Å². The lowest BCUT2D eigenvalue weighted by atomic mass is 9.79. The SMILES string of the molecule is CCS[C@H]1CC[C@]1(O)CNc1ccnc(C(C)(C)C)n1. The Morgan fingerprint density at radius 2 is 2.25 bits per heavy atom. The molecule has 1 aliphatic rings. The maximum absolute atomic E-state index is 10.6. The molecule has 2 N–H and O–H groups in total. The van der Waals surface area contributed by atoms with Crippen LogP contribution in [0.1, 0.15) is 46.4 Å². The van der Waals surface area contributed by atoms with Crippen LogP contribution >= 0.6 is 11.8 Å². The van der Waals surface area contributed by atoms with Crippen molar-refractivity contribution in [2.24, 2.45) is 0 Å². The second-order valence-electron chi connectivity index (χ2n) is 6.46. The van der Waals surface area contributed by atoms with Gasteiger partial charge in [0.15, 0.2) is 0 Å². The lowest BCUT2D eigenvalue weighted by Crippen LogP contribution is -2.54. The quantitative estimate of drug-likeness (QED) is 0.875. The summed E-state index contributed by atoms with van der Waals surface area (Å²) in [6, 6.07) is 1.86. The molecule has 20 heavy (non-hydrogen) atoms. The van der Waals surface area contributed by atoms with E-state index in [0.29, 0.717) is 11.8 Å². The Balaban J connectivity index is 1.98. The number of thioether (sulfide) groups is 1. The molecule has 0 aromatic carbocycles. The van der Waals surface area contributed by atoms with Crippen LogP contribution in [0.3, 0.4) is 0 Å². The van der Waals surface area contributed by atoms with E-state index in [1.165, 1.54) is 0 Å². The highest BCUT2D eigenvalue weighted by molar-refractivity contribution is 8.00. The van der Waals surface area contributed by atoms with Gasteiger partial charge in [0.25, 0.3) is 0 Å². The fourth-order valence-corrected chi connectivity index (χ4v) is 3.50. The Labute approximate surface area is 125 Å². The van der Waals surface area contributed by atoms with Gasteiger partial charge < -0.3 is 10.4 Å². The molecule has 1 aromatic heterocycles. The predicted molar refractivity (Wildman–Crippen MR) is 85.3 cm³/mol. The fraction of sp³-hybridized carbons (Fsp3) is 0.733. The first-order chi connectivity index (χ1) is 9.35. The number of nitrogens with zero attached hydrogens (tertiary/aromatic N) is 2. The number of hydrogen-bond acceptors (Lipinski definition) is 5. The minimum atomic E-state index is -0.590. The average Bonchev–Trinajstić information content (AvgIpc) is 2.40. The second kappa shape index (κ2) is 5.90. The Kier molecular flexibility index (Phi) is 4.59. The van der Waals surface area contributed by atoms with Crippen LogP contribution in [-0.4, -0.2) is 38.2 Å². The van der Waals surface area contributed by atoms with Gasteiger partial charge in [0.2, 0.25) is 0 Å². The number of aromatic nitrogens is 2. The molecule has 112 valence electrons. The minimum absolute atomic E-state index is 0.0638. The zero-order valence-corrected chi connectivity index (χ0v) is 13.6. The minimum Gasteiger partial charge on any atom is -0.387 e. The zero-order valence-electron chi connectivity index (χ0n) is 12.8. The lowest BCUT2D eigenvalue weighted by Gasteiger charge is -2.45. The molecule has 0 aliphatic heterocycles. The largest absolute Gasteiger partial charge is 0.387 e. The van der Waals surface area contributed by atoms with Crippen molar-refractivity contribution in [1.29, 1.82) is 0 Å². The molecule has 0 spiro atoms. The monoisotopic (exact) mass is 295 g/mol. The van der Waals surface area contributed by atoms with E-state index in [9.17, 15) is 5.11 Å². The van der Waals surface area contributed by atoms with Crippen LogP contribution in [0.4, 0.5) is 5.82 Å². The van der Waals surface area contributed by atoms with Crippen molar-refractivity contribution >= 4 is 17.6 Å². The summed E-state index contributed by atoms with van der Waals surface area (Å²) in [6.07, 6.45) is 3.75. The summed E-state index contributed by atoms with van der Waals surface area (Å²) < 4.78 is 0. The van der Waals surface area contributed by atoms with Crippen molar-refractivity contribution < 1.29 is 5.11 Å². The number of aliphatic hydroxyl groups is 1. The number of rotatable bonds is 5. The Bertz CT molecular complexity index is 461.